The van der Waals surface area contributed by atoms with Crippen molar-refractivity contribution in [2.45, 2.75) is 89.9 Å². The van der Waals surface area contributed by atoms with Crippen LogP contribution < -0.4 is 0 Å². The molecule has 2 N–H and O–H groups in total. The lowest BCUT2D eigenvalue weighted by molar-refractivity contribution is 0.241. The fourth-order valence-corrected chi connectivity index (χ4v) is 15.1. The Morgan fingerprint density at radius 3 is 1.37 bits per heavy atom. The molecule has 6 heteroatoms. The molecule has 0 aromatic heterocycles. The summed E-state index contributed by atoms with van der Waals surface area (Å²) in [5.74, 6) is 2.29. The van der Waals surface area contributed by atoms with E-state index in [4.69, 9.17) is 33.4 Å². The summed E-state index contributed by atoms with van der Waals surface area (Å²) in [7, 11) is -2.52. The maximum Gasteiger partial charge on any atom is 0.0585 e. The average Bonchev–Trinajstić information content (AvgIpc) is 2.63. The van der Waals surface area contributed by atoms with Gasteiger partial charge in [-0.3, -0.25) is 0 Å². The van der Waals surface area contributed by atoms with Gasteiger partial charge in [0.2, 0.25) is 0 Å². The van der Waals surface area contributed by atoms with Gasteiger partial charge in [0.05, 0.1) is 16.1 Å². The van der Waals surface area contributed by atoms with Crippen molar-refractivity contribution in [3.05, 3.63) is 24.3 Å². The molecule has 0 aliphatic heterocycles. The number of allylic oxidation sites excluding steroid dienone is 2. The van der Waals surface area contributed by atoms with Crippen LogP contribution in [-0.4, -0.2) is 51.3 Å². The van der Waals surface area contributed by atoms with E-state index in [2.05, 4.69) is 53.9 Å². The number of aliphatic hydroxyl groups excluding tert-OH is 2. The summed E-state index contributed by atoms with van der Waals surface area (Å²) in [5, 5.41) is 18.3. The van der Waals surface area contributed by atoms with Crippen LogP contribution in [0.15, 0.2) is 24.3 Å². The zero-order valence-electron chi connectivity index (χ0n) is 20.7. The summed E-state index contributed by atoms with van der Waals surface area (Å²) in [4.78, 5) is 0. The molecule has 30 heavy (non-hydrogen) atoms. The number of hydrogen-bond donors (Lipinski definition) is 2. The summed E-state index contributed by atoms with van der Waals surface area (Å²) in [6, 6.07) is 7.24. The standard InChI is InChI=1S/C12H27ClO2Si.C12H23ClSi/c1-11(7-14)9-16(3,6-4-5-13)10-12(2)8-15;1-11(2)9-14(5,8-6-7-13)10-12(3)4/h11-12,14-15H,4-10H2,1-3H3;1,3,6-10H2,2,4-5H3. The summed E-state index contributed by atoms with van der Waals surface area (Å²) < 4.78 is 0. The molecule has 0 aliphatic carbocycles. The fraction of sp³-hybridized carbons (Fsp3) is 0.833. The number of halogens is 2. The van der Waals surface area contributed by atoms with Gasteiger partial charge in [-0.15, -0.1) is 36.4 Å². The zero-order chi connectivity index (χ0) is 23.8. The van der Waals surface area contributed by atoms with Gasteiger partial charge in [-0.1, -0.05) is 62.3 Å². The van der Waals surface area contributed by atoms with Crippen molar-refractivity contribution in [3.8, 4) is 0 Å². The van der Waals surface area contributed by atoms with Crippen molar-refractivity contribution in [1.82, 2.24) is 0 Å². The van der Waals surface area contributed by atoms with Gasteiger partial charge >= 0.3 is 0 Å². The third kappa shape index (κ3) is 18.0. The Morgan fingerprint density at radius 2 is 1.10 bits per heavy atom. The largest absolute Gasteiger partial charge is 0.396 e. The second kappa shape index (κ2) is 17.9. The molecule has 0 aromatic rings. The van der Waals surface area contributed by atoms with Gasteiger partial charge in [0.25, 0.3) is 0 Å². The highest BCUT2D eigenvalue weighted by molar-refractivity contribution is 6.79. The maximum atomic E-state index is 9.16. The van der Waals surface area contributed by atoms with Crippen LogP contribution in [0.25, 0.3) is 0 Å². The van der Waals surface area contributed by atoms with Crippen LogP contribution >= 0.6 is 23.2 Å². The average molecular weight is 498 g/mol. The van der Waals surface area contributed by atoms with Crippen molar-refractivity contribution in [2.75, 3.05) is 25.0 Å². The smallest absolute Gasteiger partial charge is 0.0585 e. The Bertz CT molecular complexity index is 444. The lowest BCUT2D eigenvalue weighted by Crippen LogP contribution is -2.35. The zero-order valence-corrected chi connectivity index (χ0v) is 24.2. The molecule has 0 heterocycles. The second-order valence-electron chi connectivity index (χ2n) is 10.5. The number of rotatable bonds is 16. The molecule has 0 spiro atoms. The maximum absolute atomic E-state index is 9.16. The molecule has 2 unspecified atom stereocenters. The van der Waals surface area contributed by atoms with Crippen LogP contribution in [0.1, 0.15) is 40.5 Å². The summed E-state index contributed by atoms with van der Waals surface area (Å²) in [6.45, 7) is 21.9. The second-order valence-corrected chi connectivity index (χ2v) is 21.0. The number of aliphatic hydroxyl groups is 2. The molecule has 0 amide bonds. The molecule has 0 saturated carbocycles. The monoisotopic (exact) mass is 496 g/mol. The van der Waals surface area contributed by atoms with Crippen molar-refractivity contribution in [2.24, 2.45) is 11.8 Å². The molecular formula is C24H50Cl2O2Si2. The minimum absolute atomic E-state index is 0.275. The first-order chi connectivity index (χ1) is 13.9. The van der Waals surface area contributed by atoms with Crippen molar-refractivity contribution in [3.63, 3.8) is 0 Å². The van der Waals surface area contributed by atoms with E-state index in [-0.39, 0.29) is 13.2 Å². The van der Waals surface area contributed by atoms with Crippen molar-refractivity contribution >= 4 is 39.3 Å². The van der Waals surface area contributed by atoms with E-state index in [1.165, 1.54) is 35.3 Å². The predicted molar refractivity (Wildman–Crippen MR) is 145 cm³/mol. The highest BCUT2D eigenvalue weighted by Gasteiger charge is 2.30. The van der Waals surface area contributed by atoms with Gasteiger partial charge < -0.3 is 10.2 Å². The Hall–Kier alpha value is 0.414. The van der Waals surface area contributed by atoms with Crippen molar-refractivity contribution in [1.29, 1.82) is 0 Å². The molecule has 0 radical (unpaired) electrons. The SMILES string of the molecule is C=C(C)C[Si](C)(CCCCl)CC(=C)C.CC(CO)C[Si](C)(CCCCl)CC(C)CO. The Labute approximate surface area is 200 Å². The highest BCUT2D eigenvalue weighted by atomic mass is 35.5. The molecule has 0 saturated heterocycles. The van der Waals surface area contributed by atoms with E-state index in [1.54, 1.807) is 0 Å². The minimum Gasteiger partial charge on any atom is -0.396 e. The third-order valence-electron chi connectivity index (χ3n) is 5.59. The first-order valence-electron chi connectivity index (χ1n) is 11.5. The molecular weight excluding hydrogens is 447 g/mol. The van der Waals surface area contributed by atoms with E-state index in [9.17, 15) is 0 Å². The van der Waals surface area contributed by atoms with Gasteiger partial charge in [-0.05, 0) is 50.6 Å². The summed E-state index contributed by atoms with van der Waals surface area (Å²) in [6.07, 6.45) is 2.21. The molecule has 180 valence electrons. The van der Waals surface area contributed by atoms with E-state index in [0.29, 0.717) is 11.8 Å². The Kier molecular flexibility index (Phi) is 19.5. The van der Waals surface area contributed by atoms with Crippen LogP contribution in [0.5, 0.6) is 0 Å². The lowest BCUT2D eigenvalue weighted by Gasteiger charge is -2.32. The van der Waals surface area contributed by atoms with Gasteiger partial charge in [-0.2, -0.15) is 0 Å². The molecule has 0 aromatic carbocycles. The van der Waals surface area contributed by atoms with Gasteiger partial charge in [0, 0.05) is 25.0 Å². The van der Waals surface area contributed by atoms with Crippen LogP contribution in [-0.2, 0) is 0 Å². The van der Waals surface area contributed by atoms with Crippen LogP contribution in [0, 0.1) is 11.8 Å². The quantitative estimate of drug-likeness (QED) is 0.130. The van der Waals surface area contributed by atoms with Crippen LogP contribution in [0.2, 0.25) is 49.4 Å². The Morgan fingerprint density at radius 1 is 0.767 bits per heavy atom. The first kappa shape index (κ1) is 32.6. The molecule has 0 fully saturated rings. The summed E-state index contributed by atoms with van der Waals surface area (Å²) >= 11 is 11.5. The van der Waals surface area contributed by atoms with E-state index in [1.807, 2.05) is 0 Å². The van der Waals surface area contributed by atoms with Crippen molar-refractivity contribution < 1.29 is 10.2 Å². The Balaban J connectivity index is 0. The normalized spacial score (nSPS) is 15.5. The number of alkyl halides is 2. The first-order valence-corrected chi connectivity index (χ1v) is 18.8. The highest BCUT2D eigenvalue weighted by Crippen LogP contribution is 2.30. The van der Waals surface area contributed by atoms with Gasteiger partial charge in [-0.25, -0.2) is 0 Å². The minimum atomic E-state index is -1.34. The molecule has 2 nitrogen and oxygen atoms in total. The lowest BCUT2D eigenvalue weighted by atomic mass is 10.2. The molecule has 0 rings (SSSR count). The predicted octanol–water partition coefficient (Wildman–Crippen LogP) is 7.80. The molecule has 2 atom stereocenters. The fourth-order valence-electron chi connectivity index (χ4n) is 4.78. The van der Waals surface area contributed by atoms with E-state index in [0.717, 1.165) is 36.7 Å². The van der Waals surface area contributed by atoms with Crippen LogP contribution in [0.4, 0.5) is 0 Å². The number of hydrogen-bond acceptors (Lipinski definition) is 2. The van der Waals surface area contributed by atoms with E-state index >= 15 is 0 Å². The van der Waals surface area contributed by atoms with Gasteiger partial charge in [0.15, 0.2) is 0 Å². The topological polar surface area (TPSA) is 40.5 Å². The summed E-state index contributed by atoms with van der Waals surface area (Å²) in [5.41, 5.74) is 2.63. The third-order valence-corrected chi connectivity index (χ3v) is 15.5. The molecule has 0 bridgehead atoms. The van der Waals surface area contributed by atoms with E-state index < -0.39 is 16.1 Å². The molecule has 0 aliphatic rings. The van der Waals surface area contributed by atoms with Gasteiger partial charge in [0.1, 0.15) is 0 Å². The van der Waals surface area contributed by atoms with Crippen LogP contribution in [0.3, 0.4) is 0 Å².